The van der Waals surface area contributed by atoms with E-state index in [9.17, 15) is 9.59 Å². The highest BCUT2D eigenvalue weighted by atomic mass is 32.1. The number of hydrogen-bond acceptors (Lipinski definition) is 5. The van der Waals surface area contributed by atoms with Crippen molar-refractivity contribution in [1.82, 2.24) is 5.32 Å². The second-order valence-electron chi connectivity index (χ2n) is 3.53. The molecule has 5 nitrogen and oxygen atoms in total. The van der Waals surface area contributed by atoms with E-state index < -0.39 is 17.9 Å². The molecule has 1 amide bonds. The number of aryl methyl sites for hydroxylation is 1. The molecule has 0 aromatic carbocycles. The van der Waals surface area contributed by atoms with Gasteiger partial charge in [0, 0.05) is 6.54 Å². The Balaban J connectivity index is 2.44. The number of nitrogens with two attached hydrogens (primary N) is 1. The van der Waals surface area contributed by atoms with Gasteiger partial charge < -0.3 is 15.8 Å². The maximum Gasteiger partial charge on any atom is 0.332 e. The molecule has 0 fully saturated rings. The Morgan fingerprint density at radius 2 is 2.24 bits per heavy atom. The van der Waals surface area contributed by atoms with Crippen LogP contribution in [0, 0.1) is 6.92 Å². The third-order valence-corrected chi connectivity index (χ3v) is 3.15. The molecule has 0 saturated carbocycles. The van der Waals surface area contributed by atoms with Crippen LogP contribution in [-0.2, 0) is 20.9 Å². The van der Waals surface area contributed by atoms with E-state index in [1.165, 1.54) is 0 Å². The molecule has 0 spiro atoms. The zero-order valence-electron chi connectivity index (χ0n) is 9.86. The van der Waals surface area contributed by atoms with Gasteiger partial charge >= 0.3 is 5.97 Å². The second kappa shape index (κ2) is 6.36. The van der Waals surface area contributed by atoms with Crippen LogP contribution in [0.15, 0.2) is 10.8 Å². The van der Waals surface area contributed by atoms with Crippen molar-refractivity contribution in [2.75, 3.05) is 6.61 Å². The largest absolute Gasteiger partial charge is 0.464 e. The highest BCUT2D eigenvalue weighted by Gasteiger charge is 2.22. The van der Waals surface area contributed by atoms with Gasteiger partial charge in [-0.05, 0) is 35.7 Å². The van der Waals surface area contributed by atoms with E-state index in [0.717, 1.165) is 11.1 Å². The molecule has 17 heavy (non-hydrogen) atoms. The number of ether oxygens (including phenoxy) is 1. The normalized spacial score (nSPS) is 11.9. The van der Waals surface area contributed by atoms with Crippen molar-refractivity contribution in [3.8, 4) is 0 Å². The summed E-state index contributed by atoms with van der Waals surface area (Å²) in [5, 5.41) is 6.55. The van der Waals surface area contributed by atoms with Gasteiger partial charge in [0.15, 0.2) is 6.04 Å². The number of esters is 1. The smallest absolute Gasteiger partial charge is 0.332 e. The molecule has 0 aliphatic carbocycles. The average Bonchev–Trinajstić information content (AvgIpc) is 2.71. The molecule has 0 aliphatic heterocycles. The van der Waals surface area contributed by atoms with Gasteiger partial charge in [0.25, 0.3) is 0 Å². The number of amides is 1. The monoisotopic (exact) mass is 256 g/mol. The molecule has 1 unspecified atom stereocenters. The van der Waals surface area contributed by atoms with Crippen LogP contribution in [0.1, 0.15) is 18.1 Å². The van der Waals surface area contributed by atoms with Crippen molar-refractivity contribution < 1.29 is 14.3 Å². The van der Waals surface area contributed by atoms with Crippen molar-refractivity contribution >= 4 is 23.2 Å². The maximum atomic E-state index is 11.5. The van der Waals surface area contributed by atoms with Gasteiger partial charge in [-0.15, -0.1) is 0 Å². The first-order valence-corrected chi connectivity index (χ1v) is 6.22. The van der Waals surface area contributed by atoms with Gasteiger partial charge in [0.05, 0.1) is 6.61 Å². The summed E-state index contributed by atoms with van der Waals surface area (Å²) in [4.78, 5) is 22.7. The van der Waals surface area contributed by atoms with Crippen molar-refractivity contribution in [3.63, 3.8) is 0 Å². The Hall–Kier alpha value is -1.40. The zero-order valence-corrected chi connectivity index (χ0v) is 10.7. The van der Waals surface area contributed by atoms with E-state index >= 15 is 0 Å². The molecule has 3 N–H and O–H groups in total. The van der Waals surface area contributed by atoms with Gasteiger partial charge in [-0.3, -0.25) is 4.79 Å². The minimum atomic E-state index is -1.26. The molecule has 0 saturated heterocycles. The quantitative estimate of drug-likeness (QED) is 0.596. The zero-order chi connectivity index (χ0) is 12.8. The number of hydrogen-bond donors (Lipinski definition) is 2. The van der Waals surface area contributed by atoms with Crippen LogP contribution < -0.4 is 11.1 Å². The lowest BCUT2D eigenvalue weighted by Gasteiger charge is -2.10. The minimum Gasteiger partial charge on any atom is -0.464 e. The Labute approximate surface area is 104 Å². The van der Waals surface area contributed by atoms with Gasteiger partial charge in [-0.2, -0.15) is 11.3 Å². The summed E-state index contributed by atoms with van der Waals surface area (Å²) in [6.45, 7) is 4.21. The summed E-state index contributed by atoms with van der Waals surface area (Å²) in [5.41, 5.74) is 7.58. The number of rotatable bonds is 5. The lowest BCUT2D eigenvalue weighted by atomic mass is 10.2. The fourth-order valence-electron chi connectivity index (χ4n) is 1.20. The molecule has 1 aromatic heterocycles. The second-order valence-corrected chi connectivity index (χ2v) is 4.27. The van der Waals surface area contributed by atoms with Crippen LogP contribution in [0.25, 0.3) is 0 Å². The van der Waals surface area contributed by atoms with E-state index in [4.69, 9.17) is 5.73 Å². The standard InChI is InChI=1S/C11H16N2O3S/c1-3-16-11(15)9(12)10(14)13-4-8-6-17-5-7(8)2/h5-6,9H,3-4,12H2,1-2H3,(H,13,14). The van der Waals surface area contributed by atoms with Crippen LogP contribution >= 0.6 is 11.3 Å². The highest BCUT2D eigenvalue weighted by Crippen LogP contribution is 2.12. The molecule has 0 bridgehead atoms. The molecule has 6 heteroatoms. The highest BCUT2D eigenvalue weighted by molar-refractivity contribution is 7.08. The molecule has 1 aromatic rings. The summed E-state index contributed by atoms with van der Waals surface area (Å²) in [6, 6.07) is -1.26. The topological polar surface area (TPSA) is 81.4 Å². The summed E-state index contributed by atoms with van der Waals surface area (Å²) in [7, 11) is 0. The van der Waals surface area contributed by atoms with Crippen molar-refractivity contribution in [2.45, 2.75) is 26.4 Å². The summed E-state index contributed by atoms with van der Waals surface area (Å²) < 4.78 is 4.66. The first kappa shape index (κ1) is 13.7. The number of carbonyl (C=O) groups excluding carboxylic acids is 2. The van der Waals surface area contributed by atoms with Gasteiger partial charge in [0.2, 0.25) is 5.91 Å². The van der Waals surface area contributed by atoms with Crippen LogP contribution in [0.3, 0.4) is 0 Å². The maximum absolute atomic E-state index is 11.5. The van der Waals surface area contributed by atoms with Crippen molar-refractivity contribution in [3.05, 3.63) is 21.9 Å². The third-order valence-electron chi connectivity index (χ3n) is 2.24. The predicted octanol–water partition coefficient (Wildman–Crippen LogP) is 0.563. The Morgan fingerprint density at radius 1 is 1.53 bits per heavy atom. The molecular weight excluding hydrogens is 240 g/mol. The molecular formula is C11H16N2O3S. The Kier molecular flexibility index (Phi) is 5.11. The molecule has 0 aliphatic rings. The molecule has 1 rings (SSSR count). The molecule has 1 atom stereocenters. The van der Waals surface area contributed by atoms with Crippen LogP contribution in [0.2, 0.25) is 0 Å². The van der Waals surface area contributed by atoms with Crippen molar-refractivity contribution in [1.29, 1.82) is 0 Å². The predicted molar refractivity (Wildman–Crippen MR) is 65.5 cm³/mol. The van der Waals surface area contributed by atoms with Gasteiger partial charge in [-0.25, -0.2) is 4.79 Å². The van der Waals surface area contributed by atoms with Crippen LogP contribution in [0.4, 0.5) is 0 Å². The third kappa shape index (κ3) is 3.83. The lowest BCUT2D eigenvalue weighted by molar-refractivity contribution is -0.148. The summed E-state index contributed by atoms with van der Waals surface area (Å²) >= 11 is 1.57. The van der Waals surface area contributed by atoms with E-state index in [1.807, 2.05) is 17.7 Å². The SMILES string of the molecule is CCOC(=O)C(N)C(=O)NCc1cscc1C. The first-order valence-electron chi connectivity index (χ1n) is 5.27. The van der Waals surface area contributed by atoms with Gasteiger partial charge in [0.1, 0.15) is 0 Å². The molecule has 94 valence electrons. The minimum absolute atomic E-state index is 0.212. The summed E-state index contributed by atoms with van der Waals surface area (Å²) in [5.74, 6) is -1.22. The Bertz CT molecular complexity index is 403. The van der Waals surface area contributed by atoms with Crippen LogP contribution in [-0.4, -0.2) is 24.5 Å². The lowest BCUT2D eigenvalue weighted by Crippen LogP contribution is -2.46. The molecule has 0 radical (unpaired) electrons. The van der Waals surface area contributed by atoms with E-state index in [1.54, 1.807) is 18.3 Å². The summed E-state index contributed by atoms with van der Waals surface area (Å²) in [6.07, 6.45) is 0. The van der Waals surface area contributed by atoms with Crippen molar-refractivity contribution in [2.24, 2.45) is 5.73 Å². The number of thiophene rings is 1. The van der Waals surface area contributed by atoms with Gasteiger partial charge in [-0.1, -0.05) is 0 Å². The van der Waals surface area contributed by atoms with E-state index in [-0.39, 0.29) is 6.61 Å². The van der Waals surface area contributed by atoms with E-state index in [0.29, 0.717) is 6.54 Å². The van der Waals surface area contributed by atoms with Crippen LogP contribution in [0.5, 0.6) is 0 Å². The fraction of sp³-hybridized carbons (Fsp3) is 0.455. The first-order chi connectivity index (χ1) is 8.06. The fourth-order valence-corrected chi connectivity index (χ4v) is 2.06. The van der Waals surface area contributed by atoms with E-state index in [2.05, 4.69) is 10.1 Å². The molecule has 1 heterocycles. The number of nitrogens with one attached hydrogen (secondary N) is 1. The average molecular weight is 256 g/mol. The number of carbonyl (C=O) groups is 2. The Morgan fingerprint density at radius 3 is 2.76 bits per heavy atom.